The predicted molar refractivity (Wildman–Crippen MR) is 56.2 cm³/mol. The van der Waals surface area contributed by atoms with Crippen LogP contribution in [-0.2, 0) is 4.74 Å². The van der Waals surface area contributed by atoms with E-state index in [2.05, 4.69) is 0 Å². The lowest BCUT2D eigenvalue weighted by molar-refractivity contribution is -0.0718. The fourth-order valence-corrected chi connectivity index (χ4v) is 2.82. The zero-order valence-corrected chi connectivity index (χ0v) is 8.95. The summed E-state index contributed by atoms with van der Waals surface area (Å²) in [5.41, 5.74) is 0. The van der Waals surface area contributed by atoms with E-state index in [0.29, 0.717) is 6.10 Å². The Morgan fingerprint density at radius 2 is 1.64 bits per heavy atom. The smallest absolute Gasteiger partial charge is 0.0627 e. The second kappa shape index (κ2) is 5.13. The standard InChI is InChI=1S/C12H22O2/c13-11-7-8-14-12(9-11)10-5-3-1-2-4-6-10/h10-13H,1-9H2. The van der Waals surface area contributed by atoms with Crippen LogP contribution < -0.4 is 0 Å². The van der Waals surface area contributed by atoms with Gasteiger partial charge in [-0.05, 0) is 31.6 Å². The molecule has 0 radical (unpaired) electrons. The second-order valence-corrected chi connectivity index (χ2v) is 4.84. The van der Waals surface area contributed by atoms with Crippen LogP contribution in [0, 0.1) is 5.92 Å². The Labute approximate surface area is 86.6 Å². The van der Waals surface area contributed by atoms with Crippen LogP contribution in [0.15, 0.2) is 0 Å². The molecule has 2 rings (SSSR count). The molecule has 14 heavy (non-hydrogen) atoms. The SMILES string of the molecule is OC1CCOC(C2CCCCCC2)C1. The van der Waals surface area contributed by atoms with E-state index in [-0.39, 0.29) is 6.10 Å². The number of hydrogen-bond donors (Lipinski definition) is 1. The van der Waals surface area contributed by atoms with Crippen molar-refractivity contribution < 1.29 is 9.84 Å². The highest BCUT2D eigenvalue weighted by Gasteiger charge is 2.28. The Morgan fingerprint density at radius 1 is 0.929 bits per heavy atom. The summed E-state index contributed by atoms with van der Waals surface area (Å²) in [4.78, 5) is 0. The summed E-state index contributed by atoms with van der Waals surface area (Å²) in [5.74, 6) is 0.729. The van der Waals surface area contributed by atoms with Crippen molar-refractivity contribution in [3.63, 3.8) is 0 Å². The number of hydrogen-bond acceptors (Lipinski definition) is 2. The number of ether oxygens (including phenoxy) is 1. The highest BCUT2D eigenvalue weighted by molar-refractivity contribution is 4.79. The van der Waals surface area contributed by atoms with Gasteiger partial charge in [-0.25, -0.2) is 0 Å². The van der Waals surface area contributed by atoms with E-state index in [1.54, 1.807) is 0 Å². The fraction of sp³-hybridized carbons (Fsp3) is 1.00. The van der Waals surface area contributed by atoms with E-state index in [1.165, 1.54) is 38.5 Å². The van der Waals surface area contributed by atoms with Crippen LogP contribution in [0.4, 0.5) is 0 Å². The van der Waals surface area contributed by atoms with E-state index < -0.39 is 0 Å². The first-order valence-electron chi connectivity index (χ1n) is 6.16. The molecule has 1 aliphatic heterocycles. The van der Waals surface area contributed by atoms with Gasteiger partial charge in [-0.15, -0.1) is 0 Å². The van der Waals surface area contributed by atoms with Crippen LogP contribution in [0.25, 0.3) is 0 Å². The van der Waals surface area contributed by atoms with Gasteiger partial charge in [-0.1, -0.05) is 25.7 Å². The lowest BCUT2D eigenvalue weighted by Crippen LogP contribution is -2.34. The van der Waals surface area contributed by atoms with E-state index >= 15 is 0 Å². The van der Waals surface area contributed by atoms with Gasteiger partial charge in [-0.2, -0.15) is 0 Å². The number of rotatable bonds is 1. The molecule has 1 N–H and O–H groups in total. The van der Waals surface area contributed by atoms with Crippen LogP contribution in [-0.4, -0.2) is 23.9 Å². The van der Waals surface area contributed by atoms with E-state index in [1.807, 2.05) is 0 Å². The van der Waals surface area contributed by atoms with Gasteiger partial charge in [0.2, 0.25) is 0 Å². The van der Waals surface area contributed by atoms with Crippen LogP contribution in [0.5, 0.6) is 0 Å². The molecule has 2 atom stereocenters. The van der Waals surface area contributed by atoms with Crippen molar-refractivity contribution in [1.82, 2.24) is 0 Å². The Morgan fingerprint density at radius 3 is 2.29 bits per heavy atom. The number of aliphatic hydroxyl groups is 1. The Kier molecular flexibility index (Phi) is 3.82. The minimum absolute atomic E-state index is 0.1000. The van der Waals surface area contributed by atoms with Gasteiger partial charge in [0.05, 0.1) is 12.2 Å². The minimum atomic E-state index is -0.1000. The van der Waals surface area contributed by atoms with Crippen molar-refractivity contribution in [2.75, 3.05) is 6.61 Å². The zero-order valence-electron chi connectivity index (χ0n) is 8.95. The molecule has 0 aromatic carbocycles. The monoisotopic (exact) mass is 198 g/mol. The lowest BCUT2D eigenvalue weighted by Gasteiger charge is -2.32. The van der Waals surface area contributed by atoms with Crippen LogP contribution in [0.1, 0.15) is 51.4 Å². The summed E-state index contributed by atoms with van der Waals surface area (Å²) in [6.45, 7) is 0.766. The predicted octanol–water partition coefficient (Wildman–Crippen LogP) is 2.50. The first-order valence-corrected chi connectivity index (χ1v) is 6.16. The topological polar surface area (TPSA) is 29.5 Å². The first-order chi connectivity index (χ1) is 6.86. The van der Waals surface area contributed by atoms with E-state index in [9.17, 15) is 5.11 Å². The third-order valence-electron chi connectivity index (χ3n) is 3.71. The molecule has 1 saturated carbocycles. The molecule has 2 aliphatic rings. The van der Waals surface area contributed by atoms with Crippen molar-refractivity contribution in [1.29, 1.82) is 0 Å². The minimum Gasteiger partial charge on any atom is -0.393 e. The largest absolute Gasteiger partial charge is 0.393 e. The highest BCUT2D eigenvalue weighted by Crippen LogP contribution is 2.31. The molecule has 2 unspecified atom stereocenters. The molecule has 1 heterocycles. The van der Waals surface area contributed by atoms with Gasteiger partial charge in [0, 0.05) is 6.61 Å². The summed E-state index contributed by atoms with van der Waals surface area (Å²) in [7, 11) is 0. The molecule has 1 aliphatic carbocycles. The molecule has 0 bridgehead atoms. The summed E-state index contributed by atoms with van der Waals surface area (Å²) in [5, 5.41) is 9.60. The lowest BCUT2D eigenvalue weighted by atomic mass is 9.88. The van der Waals surface area contributed by atoms with Gasteiger partial charge in [0.1, 0.15) is 0 Å². The average Bonchev–Trinajstić information content (AvgIpc) is 2.45. The summed E-state index contributed by atoms with van der Waals surface area (Å²) in [6, 6.07) is 0. The van der Waals surface area contributed by atoms with Gasteiger partial charge in [-0.3, -0.25) is 0 Å². The number of aliphatic hydroxyl groups excluding tert-OH is 1. The van der Waals surface area contributed by atoms with Crippen LogP contribution in [0.3, 0.4) is 0 Å². The van der Waals surface area contributed by atoms with Crippen molar-refractivity contribution in [3.8, 4) is 0 Å². The Balaban J connectivity index is 1.85. The summed E-state index contributed by atoms with van der Waals surface area (Å²) >= 11 is 0. The van der Waals surface area contributed by atoms with Gasteiger partial charge >= 0.3 is 0 Å². The fourth-order valence-electron chi connectivity index (χ4n) is 2.82. The van der Waals surface area contributed by atoms with Crippen LogP contribution >= 0.6 is 0 Å². The van der Waals surface area contributed by atoms with Crippen molar-refractivity contribution in [3.05, 3.63) is 0 Å². The molecular formula is C12H22O2. The zero-order chi connectivity index (χ0) is 9.80. The quantitative estimate of drug-likeness (QED) is 0.656. The highest BCUT2D eigenvalue weighted by atomic mass is 16.5. The van der Waals surface area contributed by atoms with Gasteiger partial charge in [0.15, 0.2) is 0 Å². The molecule has 0 amide bonds. The van der Waals surface area contributed by atoms with Crippen molar-refractivity contribution in [2.45, 2.75) is 63.6 Å². The molecule has 0 aromatic rings. The molecular weight excluding hydrogens is 176 g/mol. The summed E-state index contributed by atoms with van der Waals surface area (Å²) < 4.78 is 5.78. The molecule has 82 valence electrons. The average molecular weight is 198 g/mol. The maximum atomic E-state index is 9.60. The Bertz CT molecular complexity index is 162. The van der Waals surface area contributed by atoms with E-state index in [0.717, 1.165) is 25.4 Å². The molecule has 2 heteroatoms. The Hall–Kier alpha value is -0.0800. The molecule has 0 aromatic heterocycles. The third-order valence-corrected chi connectivity index (χ3v) is 3.71. The van der Waals surface area contributed by atoms with Crippen molar-refractivity contribution in [2.24, 2.45) is 5.92 Å². The van der Waals surface area contributed by atoms with Gasteiger partial charge < -0.3 is 9.84 Å². The molecule has 0 spiro atoms. The van der Waals surface area contributed by atoms with Crippen LogP contribution in [0.2, 0.25) is 0 Å². The first kappa shape index (κ1) is 10.4. The summed E-state index contributed by atoms with van der Waals surface area (Å²) in [6.07, 6.45) is 10.1. The maximum absolute atomic E-state index is 9.60. The molecule has 1 saturated heterocycles. The second-order valence-electron chi connectivity index (χ2n) is 4.84. The van der Waals surface area contributed by atoms with Crippen molar-refractivity contribution >= 4 is 0 Å². The normalized spacial score (nSPS) is 36.6. The van der Waals surface area contributed by atoms with Gasteiger partial charge in [0.25, 0.3) is 0 Å². The maximum Gasteiger partial charge on any atom is 0.0627 e. The van der Waals surface area contributed by atoms with E-state index in [4.69, 9.17) is 4.74 Å². The molecule has 2 fully saturated rings. The third kappa shape index (κ3) is 2.71. The molecule has 2 nitrogen and oxygen atoms in total.